The predicted octanol–water partition coefficient (Wildman–Crippen LogP) is 7.71. The Morgan fingerprint density at radius 3 is 2.29 bits per heavy atom. The highest BCUT2D eigenvalue weighted by Gasteiger charge is 2.53. The van der Waals surface area contributed by atoms with E-state index in [1.807, 2.05) is 81.1 Å². The Balaban J connectivity index is 1.88. The number of amides is 1. The summed E-state index contributed by atoms with van der Waals surface area (Å²) < 4.78 is 37.6. The Hall–Kier alpha value is -1.90. The second-order valence-electron chi connectivity index (χ2n) is 12.2. The summed E-state index contributed by atoms with van der Waals surface area (Å²) in [5.41, 5.74) is 1.14. The largest absolute Gasteiger partial charge is 0.348 e. The molecule has 0 radical (unpaired) electrons. The molecule has 0 saturated carbocycles. The number of ether oxygens (including phenoxy) is 2. The number of piperidine rings is 1. The Morgan fingerprint density at radius 2 is 1.73 bits per heavy atom. The van der Waals surface area contributed by atoms with Gasteiger partial charge in [-0.1, -0.05) is 67.4 Å². The molecule has 0 aromatic heterocycles. The van der Waals surface area contributed by atoms with E-state index in [0.717, 1.165) is 11.1 Å². The van der Waals surface area contributed by atoms with Gasteiger partial charge in [-0.15, -0.1) is 0 Å². The maximum Gasteiger partial charge on any atom is 0.229 e. The quantitative estimate of drug-likeness (QED) is 0.287. The summed E-state index contributed by atoms with van der Waals surface area (Å²) in [6.45, 7) is 11.4. The molecule has 1 unspecified atom stereocenters. The molecule has 0 bridgehead atoms. The molecule has 224 valence electrons. The Bertz CT molecular complexity index is 1370. The highest BCUT2D eigenvalue weighted by Crippen LogP contribution is 2.53. The third kappa shape index (κ3) is 7.19. The maximum atomic E-state index is 14.7. The van der Waals surface area contributed by atoms with Crippen LogP contribution in [0.25, 0.3) is 0 Å². The lowest BCUT2D eigenvalue weighted by molar-refractivity contribution is -0.161. The van der Waals surface area contributed by atoms with Gasteiger partial charge in [-0.2, -0.15) is 0 Å². The van der Waals surface area contributed by atoms with Crippen molar-refractivity contribution >= 4 is 38.9 Å². The number of carbonyl (C=O) groups is 1. The fraction of sp³-hybridized carbons (Fsp3) is 0.531. The van der Waals surface area contributed by atoms with Gasteiger partial charge in [-0.25, -0.2) is 8.42 Å². The SMILES string of the molecule is CC[C@@H](/C=C/S(=O)(=O)C(C)C)N1C(=O)[C@@](C)(CC2COC(C)(C)O2)C[C@H](c2cccc(Cl)c2)[C@H]1c1ccc(Cl)cc1. The molecular weight excluding hydrogens is 581 g/mol. The number of hydrogen-bond donors (Lipinski definition) is 0. The van der Waals surface area contributed by atoms with Gasteiger partial charge < -0.3 is 14.4 Å². The number of benzene rings is 2. The topological polar surface area (TPSA) is 72.9 Å². The molecular formula is C32H41Cl2NO5S. The van der Waals surface area contributed by atoms with Crippen LogP contribution in [0, 0.1) is 5.41 Å². The third-order valence-electron chi connectivity index (χ3n) is 8.26. The molecule has 2 aromatic carbocycles. The number of nitrogens with zero attached hydrogens (tertiary/aromatic N) is 1. The molecule has 2 aromatic rings. The zero-order chi connectivity index (χ0) is 30.2. The van der Waals surface area contributed by atoms with Gasteiger partial charge in [0.2, 0.25) is 5.91 Å². The van der Waals surface area contributed by atoms with Crippen LogP contribution in [0.2, 0.25) is 10.0 Å². The number of hydrogen-bond acceptors (Lipinski definition) is 5. The number of carbonyl (C=O) groups excluding carboxylic acids is 1. The van der Waals surface area contributed by atoms with Crippen LogP contribution in [0.4, 0.5) is 0 Å². The first-order valence-corrected chi connectivity index (χ1v) is 16.6. The van der Waals surface area contributed by atoms with Crippen LogP contribution < -0.4 is 0 Å². The maximum absolute atomic E-state index is 14.7. The Kier molecular flexibility index (Phi) is 9.66. The predicted molar refractivity (Wildman–Crippen MR) is 165 cm³/mol. The lowest BCUT2D eigenvalue weighted by Crippen LogP contribution is -2.56. The van der Waals surface area contributed by atoms with Gasteiger partial charge in [0.15, 0.2) is 15.6 Å². The molecule has 2 aliphatic heterocycles. The van der Waals surface area contributed by atoms with Crippen LogP contribution in [-0.2, 0) is 24.1 Å². The molecule has 1 amide bonds. The smallest absolute Gasteiger partial charge is 0.229 e. The average molecular weight is 623 g/mol. The van der Waals surface area contributed by atoms with Gasteiger partial charge in [0.1, 0.15) is 0 Å². The number of rotatable bonds is 9. The minimum absolute atomic E-state index is 0.0394. The van der Waals surface area contributed by atoms with Crippen molar-refractivity contribution in [2.45, 2.75) is 95.9 Å². The van der Waals surface area contributed by atoms with Crippen molar-refractivity contribution in [3.8, 4) is 0 Å². The fourth-order valence-corrected chi connectivity index (χ4v) is 7.12. The molecule has 0 aliphatic carbocycles. The normalized spacial score (nSPS) is 27.6. The molecule has 41 heavy (non-hydrogen) atoms. The van der Waals surface area contributed by atoms with Crippen LogP contribution in [0.15, 0.2) is 60.0 Å². The van der Waals surface area contributed by atoms with Crippen molar-refractivity contribution in [3.05, 3.63) is 81.2 Å². The summed E-state index contributed by atoms with van der Waals surface area (Å²) in [7, 11) is -3.47. The summed E-state index contributed by atoms with van der Waals surface area (Å²) in [6.07, 6.45) is 3.00. The number of halogens is 2. The van der Waals surface area contributed by atoms with Gasteiger partial charge >= 0.3 is 0 Å². The molecule has 4 rings (SSSR count). The summed E-state index contributed by atoms with van der Waals surface area (Å²) in [5, 5.41) is 1.93. The van der Waals surface area contributed by atoms with E-state index in [1.165, 1.54) is 5.41 Å². The van der Waals surface area contributed by atoms with E-state index in [1.54, 1.807) is 19.9 Å². The molecule has 2 fully saturated rings. The second kappa shape index (κ2) is 12.4. The third-order valence-corrected chi connectivity index (χ3v) is 10.6. The molecule has 2 heterocycles. The van der Waals surface area contributed by atoms with Crippen LogP contribution >= 0.6 is 23.2 Å². The molecule has 2 saturated heterocycles. The number of likely N-dealkylation sites (tertiary alicyclic amines) is 1. The van der Waals surface area contributed by atoms with E-state index in [-0.39, 0.29) is 24.0 Å². The van der Waals surface area contributed by atoms with Gasteiger partial charge in [0.25, 0.3) is 0 Å². The van der Waals surface area contributed by atoms with Gasteiger partial charge in [-0.3, -0.25) is 4.79 Å². The summed E-state index contributed by atoms with van der Waals surface area (Å²) >= 11 is 12.8. The van der Waals surface area contributed by atoms with Crippen molar-refractivity contribution in [1.82, 2.24) is 4.90 Å². The molecule has 6 nitrogen and oxygen atoms in total. The highest BCUT2D eigenvalue weighted by atomic mass is 35.5. The summed E-state index contributed by atoms with van der Waals surface area (Å²) in [4.78, 5) is 16.6. The van der Waals surface area contributed by atoms with E-state index in [9.17, 15) is 13.2 Å². The molecule has 0 spiro atoms. The highest BCUT2D eigenvalue weighted by molar-refractivity contribution is 7.94. The van der Waals surface area contributed by atoms with Gasteiger partial charge in [0.05, 0.1) is 30.0 Å². The monoisotopic (exact) mass is 621 g/mol. The van der Waals surface area contributed by atoms with Crippen molar-refractivity contribution in [3.63, 3.8) is 0 Å². The molecule has 5 atom stereocenters. The first kappa shape index (κ1) is 32.0. The minimum Gasteiger partial charge on any atom is -0.348 e. The lowest BCUT2D eigenvalue weighted by Gasteiger charge is -2.52. The molecule has 9 heteroatoms. The second-order valence-corrected chi connectivity index (χ2v) is 15.5. The van der Waals surface area contributed by atoms with Crippen LogP contribution in [0.5, 0.6) is 0 Å². The van der Waals surface area contributed by atoms with E-state index < -0.39 is 32.3 Å². The minimum atomic E-state index is -3.47. The van der Waals surface area contributed by atoms with Gasteiger partial charge in [0, 0.05) is 26.8 Å². The van der Waals surface area contributed by atoms with Crippen LogP contribution in [0.1, 0.15) is 83.9 Å². The first-order chi connectivity index (χ1) is 19.2. The Morgan fingerprint density at radius 1 is 1.05 bits per heavy atom. The van der Waals surface area contributed by atoms with E-state index >= 15 is 0 Å². The van der Waals surface area contributed by atoms with E-state index in [2.05, 4.69) is 0 Å². The zero-order valence-electron chi connectivity index (χ0n) is 24.6. The zero-order valence-corrected chi connectivity index (χ0v) is 27.0. The van der Waals surface area contributed by atoms with Crippen molar-refractivity contribution in [2.75, 3.05) is 6.61 Å². The van der Waals surface area contributed by atoms with Gasteiger partial charge in [-0.05, 0) is 82.3 Å². The van der Waals surface area contributed by atoms with Crippen molar-refractivity contribution in [1.29, 1.82) is 0 Å². The molecule has 2 aliphatic rings. The lowest BCUT2D eigenvalue weighted by atomic mass is 9.66. The fourth-order valence-electron chi connectivity index (χ4n) is 6.08. The van der Waals surface area contributed by atoms with E-state index in [4.69, 9.17) is 32.7 Å². The van der Waals surface area contributed by atoms with Crippen molar-refractivity contribution in [2.24, 2.45) is 5.41 Å². The van der Waals surface area contributed by atoms with Crippen LogP contribution in [-0.4, -0.2) is 49.0 Å². The summed E-state index contributed by atoms with van der Waals surface area (Å²) in [6, 6.07) is 14.5. The first-order valence-electron chi connectivity index (χ1n) is 14.2. The standard InChI is InChI=1S/C32H41Cl2NO5S/c1-7-26(15-16-41(37,38)21(2)3)35-29(22-11-13-24(33)14-12-22)28(23-9-8-10-25(34)17-23)19-32(6,30(35)36)18-27-20-39-31(4,5)40-27/h8-17,21,26-29H,7,18-20H2,1-6H3/b16-15+/t26-,27?,28+,29+,32-/m0/s1. The molecule has 0 N–H and O–H groups in total. The number of sulfone groups is 1. The average Bonchev–Trinajstić information content (AvgIpc) is 3.24. The Labute approximate surface area is 254 Å². The van der Waals surface area contributed by atoms with Crippen molar-refractivity contribution < 1.29 is 22.7 Å². The summed E-state index contributed by atoms with van der Waals surface area (Å²) in [5.74, 6) is -0.879. The van der Waals surface area contributed by atoms with Crippen LogP contribution in [0.3, 0.4) is 0 Å². The van der Waals surface area contributed by atoms with E-state index in [0.29, 0.717) is 35.9 Å².